The molecule has 108 valence electrons. The van der Waals surface area contributed by atoms with Crippen molar-refractivity contribution in [3.8, 4) is 0 Å². The lowest BCUT2D eigenvalue weighted by atomic mass is 9.91. The number of halogens is 2. The van der Waals surface area contributed by atoms with Crippen molar-refractivity contribution < 1.29 is 4.74 Å². The van der Waals surface area contributed by atoms with Gasteiger partial charge < -0.3 is 9.30 Å². The number of fused-ring (bicyclic) bond motifs is 1. The van der Waals surface area contributed by atoms with Crippen molar-refractivity contribution in [1.29, 1.82) is 0 Å². The summed E-state index contributed by atoms with van der Waals surface area (Å²) in [6.07, 6.45) is 1.94. The molecule has 0 amide bonds. The Labute approximate surface area is 128 Å². The fourth-order valence-electron chi connectivity index (χ4n) is 2.94. The molecule has 2 heterocycles. The molecular weight excluding hydrogens is 295 g/mol. The first-order chi connectivity index (χ1) is 9.51. The second-order valence-corrected chi connectivity index (χ2v) is 6.75. The second-order valence-electron chi connectivity index (χ2n) is 5.66. The molecule has 0 spiro atoms. The minimum atomic E-state index is -0.138. The summed E-state index contributed by atoms with van der Waals surface area (Å²) in [7, 11) is 0. The van der Waals surface area contributed by atoms with Gasteiger partial charge in [-0.05, 0) is 44.9 Å². The van der Waals surface area contributed by atoms with E-state index in [1.54, 1.807) is 0 Å². The number of imidazole rings is 1. The van der Waals surface area contributed by atoms with Crippen LogP contribution in [-0.4, -0.2) is 22.8 Å². The Hall–Kier alpha value is -0.770. The Morgan fingerprint density at radius 2 is 2.05 bits per heavy atom. The Morgan fingerprint density at radius 1 is 1.35 bits per heavy atom. The highest BCUT2D eigenvalue weighted by Crippen LogP contribution is 2.37. The van der Waals surface area contributed by atoms with Crippen molar-refractivity contribution in [3.63, 3.8) is 0 Å². The van der Waals surface area contributed by atoms with Crippen molar-refractivity contribution in [3.05, 3.63) is 29.0 Å². The van der Waals surface area contributed by atoms with Crippen LogP contribution in [0.4, 0.5) is 0 Å². The van der Waals surface area contributed by atoms with Crippen LogP contribution in [0.2, 0.25) is 5.02 Å². The Bertz CT molecular complexity index is 630. The van der Waals surface area contributed by atoms with Gasteiger partial charge in [0.15, 0.2) is 0 Å². The van der Waals surface area contributed by atoms with E-state index in [1.807, 2.05) is 25.1 Å². The first kappa shape index (κ1) is 14.2. The zero-order valence-corrected chi connectivity index (χ0v) is 13.2. The van der Waals surface area contributed by atoms with E-state index in [9.17, 15) is 0 Å². The standard InChI is InChI=1S/C15H18Cl2N2O/c1-10(16)14-18-12-9-11(17)3-4-13(12)19(14)15(2)5-7-20-8-6-15/h3-4,9-10H,5-8H2,1-2H3. The first-order valence-corrected chi connectivity index (χ1v) is 7.73. The van der Waals surface area contributed by atoms with Gasteiger partial charge in [-0.25, -0.2) is 4.98 Å². The van der Waals surface area contributed by atoms with Crippen molar-refractivity contribution >= 4 is 34.2 Å². The fraction of sp³-hybridized carbons (Fsp3) is 0.533. The van der Waals surface area contributed by atoms with Gasteiger partial charge in [0.25, 0.3) is 0 Å². The third kappa shape index (κ3) is 2.32. The molecule has 2 aromatic rings. The molecule has 1 aliphatic rings. The largest absolute Gasteiger partial charge is 0.381 e. The number of aromatic nitrogens is 2. The molecule has 1 aliphatic heterocycles. The molecule has 5 heteroatoms. The highest BCUT2D eigenvalue weighted by molar-refractivity contribution is 6.31. The third-order valence-electron chi connectivity index (χ3n) is 4.11. The summed E-state index contributed by atoms with van der Waals surface area (Å²) in [4.78, 5) is 4.70. The lowest BCUT2D eigenvalue weighted by molar-refractivity contribution is 0.0300. The third-order valence-corrected chi connectivity index (χ3v) is 4.54. The maximum absolute atomic E-state index is 6.35. The molecule has 1 unspecified atom stereocenters. The zero-order chi connectivity index (χ0) is 14.3. The number of ether oxygens (including phenoxy) is 1. The summed E-state index contributed by atoms with van der Waals surface area (Å²) in [5, 5.41) is 0.564. The topological polar surface area (TPSA) is 27.1 Å². The van der Waals surface area contributed by atoms with Gasteiger partial charge in [-0.1, -0.05) is 11.6 Å². The molecule has 1 aromatic carbocycles. The summed E-state index contributed by atoms with van der Waals surface area (Å²) in [5.74, 6) is 0.910. The molecule has 0 saturated carbocycles. The van der Waals surface area contributed by atoms with Crippen molar-refractivity contribution in [2.45, 2.75) is 37.6 Å². The quantitative estimate of drug-likeness (QED) is 0.763. The molecule has 1 atom stereocenters. The highest BCUT2D eigenvalue weighted by atomic mass is 35.5. The summed E-state index contributed by atoms with van der Waals surface area (Å²) in [5.41, 5.74) is 2.01. The summed E-state index contributed by atoms with van der Waals surface area (Å²) in [6.45, 7) is 5.78. The van der Waals surface area contributed by atoms with Crippen molar-refractivity contribution in [1.82, 2.24) is 9.55 Å². The molecule has 3 nitrogen and oxygen atoms in total. The Morgan fingerprint density at radius 3 is 2.70 bits per heavy atom. The van der Waals surface area contributed by atoms with Gasteiger partial charge in [-0.3, -0.25) is 0 Å². The van der Waals surface area contributed by atoms with Crippen LogP contribution < -0.4 is 0 Å². The average molecular weight is 313 g/mol. The minimum absolute atomic E-state index is 0.000682. The van der Waals surface area contributed by atoms with Gasteiger partial charge in [-0.15, -0.1) is 11.6 Å². The van der Waals surface area contributed by atoms with E-state index < -0.39 is 0 Å². The van der Waals surface area contributed by atoms with E-state index in [2.05, 4.69) is 11.5 Å². The smallest absolute Gasteiger partial charge is 0.128 e. The molecule has 1 fully saturated rings. The van der Waals surface area contributed by atoms with Gasteiger partial charge in [0.1, 0.15) is 5.82 Å². The predicted octanol–water partition coefficient (Wildman–Crippen LogP) is 4.52. The number of hydrogen-bond donors (Lipinski definition) is 0. The number of hydrogen-bond acceptors (Lipinski definition) is 2. The van der Waals surface area contributed by atoms with Gasteiger partial charge in [0, 0.05) is 23.8 Å². The lowest BCUT2D eigenvalue weighted by Crippen LogP contribution is -2.37. The van der Waals surface area contributed by atoms with E-state index in [1.165, 1.54) is 0 Å². The van der Waals surface area contributed by atoms with Gasteiger partial charge in [-0.2, -0.15) is 0 Å². The van der Waals surface area contributed by atoms with Gasteiger partial charge >= 0.3 is 0 Å². The summed E-state index contributed by atoms with van der Waals surface area (Å²) in [6, 6.07) is 5.85. The summed E-state index contributed by atoms with van der Waals surface area (Å²) < 4.78 is 7.80. The van der Waals surface area contributed by atoms with E-state index in [-0.39, 0.29) is 10.9 Å². The normalized spacial score (nSPS) is 20.2. The first-order valence-electron chi connectivity index (χ1n) is 6.91. The number of rotatable bonds is 2. The predicted molar refractivity (Wildman–Crippen MR) is 82.7 cm³/mol. The van der Waals surface area contributed by atoms with Crippen LogP contribution >= 0.6 is 23.2 Å². The molecule has 1 aromatic heterocycles. The Balaban J connectivity index is 2.23. The van der Waals surface area contributed by atoms with Crippen LogP contribution in [0.1, 0.15) is 37.9 Å². The monoisotopic (exact) mass is 312 g/mol. The molecule has 1 saturated heterocycles. The highest BCUT2D eigenvalue weighted by Gasteiger charge is 2.33. The minimum Gasteiger partial charge on any atom is -0.381 e. The Kier molecular flexibility index (Phi) is 3.69. The average Bonchev–Trinajstić information content (AvgIpc) is 2.79. The number of nitrogens with zero attached hydrogens (tertiary/aromatic N) is 2. The molecule has 20 heavy (non-hydrogen) atoms. The maximum atomic E-state index is 6.35. The van der Waals surface area contributed by atoms with Crippen LogP contribution in [-0.2, 0) is 10.3 Å². The van der Waals surface area contributed by atoms with Gasteiger partial charge in [0.2, 0.25) is 0 Å². The zero-order valence-electron chi connectivity index (χ0n) is 11.7. The van der Waals surface area contributed by atoms with Crippen LogP contribution in [0.3, 0.4) is 0 Å². The number of benzene rings is 1. The van der Waals surface area contributed by atoms with Crippen molar-refractivity contribution in [2.75, 3.05) is 13.2 Å². The molecule has 0 bridgehead atoms. The second kappa shape index (κ2) is 5.21. The maximum Gasteiger partial charge on any atom is 0.128 e. The van der Waals surface area contributed by atoms with E-state index in [0.717, 1.165) is 42.9 Å². The van der Waals surface area contributed by atoms with Crippen LogP contribution in [0.5, 0.6) is 0 Å². The fourth-order valence-corrected chi connectivity index (χ4v) is 3.25. The van der Waals surface area contributed by atoms with Crippen molar-refractivity contribution in [2.24, 2.45) is 0 Å². The van der Waals surface area contributed by atoms with Gasteiger partial charge in [0.05, 0.1) is 16.4 Å². The summed E-state index contributed by atoms with van der Waals surface area (Å²) >= 11 is 12.4. The SMILES string of the molecule is CC(Cl)c1nc2cc(Cl)ccc2n1C1(C)CCOCC1. The molecule has 0 radical (unpaired) electrons. The van der Waals surface area contributed by atoms with E-state index in [0.29, 0.717) is 5.02 Å². The van der Waals surface area contributed by atoms with Crippen LogP contribution in [0.25, 0.3) is 11.0 Å². The van der Waals surface area contributed by atoms with E-state index in [4.69, 9.17) is 32.9 Å². The lowest BCUT2D eigenvalue weighted by Gasteiger charge is -2.37. The molecule has 3 rings (SSSR count). The van der Waals surface area contributed by atoms with E-state index >= 15 is 0 Å². The molecule has 0 N–H and O–H groups in total. The van der Waals surface area contributed by atoms with Crippen LogP contribution in [0.15, 0.2) is 18.2 Å². The molecular formula is C15H18Cl2N2O. The number of alkyl halides is 1. The van der Waals surface area contributed by atoms with Crippen LogP contribution in [0, 0.1) is 0 Å². The molecule has 0 aliphatic carbocycles.